The van der Waals surface area contributed by atoms with E-state index in [0.717, 1.165) is 16.6 Å². The number of likely N-dealkylation sites (N-methyl/N-ethyl adjacent to an activating group) is 1. The normalized spacial score (nSPS) is 12.2. The third kappa shape index (κ3) is 3.65. The third-order valence-corrected chi connectivity index (χ3v) is 4.58. The Hall–Kier alpha value is -3.45. The summed E-state index contributed by atoms with van der Waals surface area (Å²) in [5, 5.41) is 10.3. The van der Waals surface area contributed by atoms with Gasteiger partial charge in [0.05, 0.1) is 30.0 Å². The van der Waals surface area contributed by atoms with Crippen LogP contribution in [0.5, 0.6) is 0 Å². The van der Waals surface area contributed by atoms with Gasteiger partial charge in [-0.3, -0.25) is 4.79 Å². The van der Waals surface area contributed by atoms with E-state index in [-0.39, 0.29) is 18.1 Å². The molecule has 7 heteroatoms. The van der Waals surface area contributed by atoms with Gasteiger partial charge in [0.1, 0.15) is 12.8 Å². The lowest BCUT2D eigenvalue weighted by molar-refractivity contribution is 0.0675. The lowest BCUT2D eigenvalue weighted by atomic mass is 10.1. The Kier molecular flexibility index (Phi) is 4.90. The highest BCUT2D eigenvalue weighted by Crippen LogP contribution is 2.16. The van der Waals surface area contributed by atoms with Crippen molar-refractivity contribution in [3.63, 3.8) is 0 Å². The molecule has 0 spiro atoms. The first kappa shape index (κ1) is 17.9. The SMILES string of the molecule is CN(CC(O)c1ccccc1)C(=O)c1coc(Cn2cnc3ccccc32)n1. The van der Waals surface area contributed by atoms with Crippen molar-refractivity contribution < 1.29 is 14.3 Å². The van der Waals surface area contributed by atoms with Crippen molar-refractivity contribution in [2.75, 3.05) is 13.6 Å². The number of amides is 1. The average molecular weight is 376 g/mol. The van der Waals surface area contributed by atoms with Crippen molar-refractivity contribution in [3.05, 3.63) is 84.3 Å². The predicted octanol–water partition coefficient (Wildman–Crippen LogP) is 2.88. The molecule has 0 fully saturated rings. The van der Waals surface area contributed by atoms with Gasteiger partial charge in [-0.2, -0.15) is 0 Å². The summed E-state index contributed by atoms with van der Waals surface area (Å²) in [5.41, 5.74) is 2.83. The molecule has 4 rings (SSSR count). The van der Waals surface area contributed by atoms with Gasteiger partial charge < -0.3 is 19.0 Å². The van der Waals surface area contributed by atoms with Crippen LogP contribution in [0.25, 0.3) is 11.0 Å². The molecule has 1 unspecified atom stereocenters. The molecule has 142 valence electrons. The van der Waals surface area contributed by atoms with Gasteiger partial charge in [-0.1, -0.05) is 42.5 Å². The van der Waals surface area contributed by atoms with E-state index in [9.17, 15) is 9.90 Å². The van der Waals surface area contributed by atoms with E-state index in [4.69, 9.17) is 4.42 Å². The summed E-state index contributed by atoms with van der Waals surface area (Å²) in [5.74, 6) is 0.115. The molecule has 0 bridgehead atoms. The summed E-state index contributed by atoms with van der Waals surface area (Å²) in [6, 6.07) is 17.0. The lowest BCUT2D eigenvalue weighted by Gasteiger charge is -2.20. The Bertz CT molecular complexity index is 1090. The topological polar surface area (TPSA) is 84.4 Å². The number of nitrogens with zero attached hydrogens (tertiary/aromatic N) is 4. The van der Waals surface area contributed by atoms with Crippen LogP contribution in [0, 0.1) is 0 Å². The highest BCUT2D eigenvalue weighted by atomic mass is 16.3. The minimum Gasteiger partial charge on any atom is -0.446 e. The molecule has 7 nitrogen and oxygen atoms in total. The van der Waals surface area contributed by atoms with Gasteiger partial charge in [0.2, 0.25) is 5.89 Å². The van der Waals surface area contributed by atoms with E-state index in [1.807, 2.05) is 59.2 Å². The lowest BCUT2D eigenvalue weighted by Crippen LogP contribution is -2.31. The second-order valence-corrected chi connectivity index (χ2v) is 6.60. The second kappa shape index (κ2) is 7.66. The molecule has 1 N–H and O–H groups in total. The van der Waals surface area contributed by atoms with Crippen LogP contribution in [0.1, 0.15) is 28.0 Å². The number of rotatable bonds is 6. The molecule has 1 atom stereocenters. The van der Waals surface area contributed by atoms with Gasteiger partial charge >= 0.3 is 0 Å². The van der Waals surface area contributed by atoms with Gasteiger partial charge in [0, 0.05) is 7.05 Å². The van der Waals surface area contributed by atoms with Gasteiger partial charge in [0.25, 0.3) is 5.91 Å². The monoisotopic (exact) mass is 376 g/mol. The largest absolute Gasteiger partial charge is 0.446 e. The summed E-state index contributed by atoms with van der Waals surface area (Å²) >= 11 is 0. The number of aliphatic hydroxyl groups is 1. The Morgan fingerprint density at radius 2 is 1.93 bits per heavy atom. The number of carbonyl (C=O) groups is 1. The number of carbonyl (C=O) groups excluding carboxylic acids is 1. The van der Waals surface area contributed by atoms with Crippen LogP contribution in [-0.4, -0.2) is 44.0 Å². The molecule has 0 aliphatic heterocycles. The minimum atomic E-state index is -0.765. The maximum atomic E-state index is 12.6. The van der Waals surface area contributed by atoms with E-state index in [2.05, 4.69) is 9.97 Å². The van der Waals surface area contributed by atoms with E-state index in [0.29, 0.717) is 12.4 Å². The van der Waals surface area contributed by atoms with Crippen LogP contribution in [0.3, 0.4) is 0 Å². The highest BCUT2D eigenvalue weighted by molar-refractivity contribution is 5.91. The second-order valence-electron chi connectivity index (χ2n) is 6.60. The van der Waals surface area contributed by atoms with Crippen LogP contribution in [0.2, 0.25) is 0 Å². The summed E-state index contributed by atoms with van der Waals surface area (Å²) in [7, 11) is 1.63. The Labute approximate surface area is 161 Å². The number of fused-ring (bicyclic) bond motifs is 1. The number of aliphatic hydroxyl groups excluding tert-OH is 1. The van der Waals surface area contributed by atoms with Crippen LogP contribution in [0.4, 0.5) is 0 Å². The molecule has 0 aliphatic carbocycles. The average Bonchev–Trinajstić information content (AvgIpc) is 3.36. The Morgan fingerprint density at radius 1 is 1.18 bits per heavy atom. The van der Waals surface area contributed by atoms with Crippen molar-refractivity contribution >= 4 is 16.9 Å². The number of imidazole rings is 1. The summed E-state index contributed by atoms with van der Waals surface area (Å²) in [6.45, 7) is 0.543. The first-order valence-corrected chi connectivity index (χ1v) is 8.94. The van der Waals surface area contributed by atoms with E-state index in [1.165, 1.54) is 11.2 Å². The predicted molar refractivity (Wildman–Crippen MR) is 104 cm³/mol. The van der Waals surface area contributed by atoms with Gasteiger partial charge in [0.15, 0.2) is 5.69 Å². The molecule has 1 amide bonds. The Morgan fingerprint density at radius 3 is 2.75 bits per heavy atom. The fraction of sp³-hybridized carbons (Fsp3) is 0.190. The molecule has 0 saturated carbocycles. The maximum Gasteiger partial charge on any atom is 0.275 e. The van der Waals surface area contributed by atoms with Crippen LogP contribution < -0.4 is 0 Å². The van der Waals surface area contributed by atoms with Gasteiger partial charge in [-0.15, -0.1) is 0 Å². The fourth-order valence-electron chi connectivity index (χ4n) is 3.08. The van der Waals surface area contributed by atoms with Crippen molar-refractivity contribution in [2.24, 2.45) is 0 Å². The molecular formula is C21H20N4O3. The molecule has 0 radical (unpaired) electrons. The Balaban J connectivity index is 1.44. The zero-order valence-corrected chi connectivity index (χ0v) is 15.4. The molecule has 2 aromatic heterocycles. The van der Waals surface area contributed by atoms with Crippen LogP contribution >= 0.6 is 0 Å². The third-order valence-electron chi connectivity index (χ3n) is 4.58. The van der Waals surface area contributed by atoms with Crippen molar-refractivity contribution in [1.29, 1.82) is 0 Å². The minimum absolute atomic E-state index is 0.164. The molecule has 28 heavy (non-hydrogen) atoms. The van der Waals surface area contributed by atoms with Gasteiger partial charge in [-0.25, -0.2) is 9.97 Å². The van der Waals surface area contributed by atoms with Crippen molar-refractivity contribution in [3.8, 4) is 0 Å². The molecule has 2 aromatic carbocycles. The number of oxazole rings is 1. The molecular weight excluding hydrogens is 356 g/mol. The van der Waals surface area contributed by atoms with E-state index < -0.39 is 6.10 Å². The quantitative estimate of drug-likeness (QED) is 0.559. The van der Waals surface area contributed by atoms with E-state index >= 15 is 0 Å². The fourth-order valence-corrected chi connectivity index (χ4v) is 3.08. The van der Waals surface area contributed by atoms with Crippen LogP contribution in [-0.2, 0) is 6.54 Å². The zero-order chi connectivity index (χ0) is 19.5. The van der Waals surface area contributed by atoms with Crippen molar-refractivity contribution in [2.45, 2.75) is 12.6 Å². The number of aromatic nitrogens is 3. The maximum absolute atomic E-state index is 12.6. The zero-order valence-electron chi connectivity index (χ0n) is 15.4. The van der Waals surface area contributed by atoms with Crippen molar-refractivity contribution in [1.82, 2.24) is 19.4 Å². The summed E-state index contributed by atoms with van der Waals surface area (Å²) in [4.78, 5) is 22.7. The standard InChI is InChI=1S/C21H20N4O3/c1-24(11-19(26)15-7-3-2-4-8-15)21(27)17-13-28-20(23-17)12-25-14-22-16-9-5-6-10-18(16)25/h2-10,13-14,19,26H,11-12H2,1H3. The first-order chi connectivity index (χ1) is 13.6. The smallest absolute Gasteiger partial charge is 0.275 e. The summed E-state index contributed by atoms with van der Waals surface area (Å²) < 4.78 is 7.39. The number of para-hydroxylation sites is 2. The number of hydrogen-bond donors (Lipinski definition) is 1. The number of benzene rings is 2. The van der Waals surface area contributed by atoms with Gasteiger partial charge in [-0.05, 0) is 17.7 Å². The molecule has 4 aromatic rings. The first-order valence-electron chi connectivity index (χ1n) is 8.94. The number of hydrogen-bond acceptors (Lipinski definition) is 5. The molecule has 0 saturated heterocycles. The van der Waals surface area contributed by atoms with Crippen LogP contribution in [0.15, 0.2) is 71.6 Å². The summed E-state index contributed by atoms with van der Waals surface area (Å²) in [6.07, 6.45) is 2.31. The van der Waals surface area contributed by atoms with E-state index in [1.54, 1.807) is 13.4 Å². The molecule has 0 aliphatic rings. The highest BCUT2D eigenvalue weighted by Gasteiger charge is 2.20. The molecule has 2 heterocycles.